The molecule has 3 aromatic rings. The van der Waals surface area contributed by atoms with Crippen molar-refractivity contribution >= 4 is 17.4 Å². The van der Waals surface area contributed by atoms with Crippen LogP contribution in [0.15, 0.2) is 60.8 Å². The van der Waals surface area contributed by atoms with E-state index in [4.69, 9.17) is 4.98 Å². The maximum absolute atomic E-state index is 12.8. The summed E-state index contributed by atoms with van der Waals surface area (Å²) in [7, 11) is 0. The zero-order valence-corrected chi connectivity index (χ0v) is 20.5. The molecule has 34 heavy (non-hydrogen) atoms. The van der Waals surface area contributed by atoms with Crippen molar-refractivity contribution < 1.29 is 4.79 Å². The fraction of sp³-hybridized carbons (Fsp3) is 0.393. The molecule has 0 radical (unpaired) electrons. The van der Waals surface area contributed by atoms with Crippen LogP contribution in [-0.2, 0) is 11.3 Å². The number of hydrogen-bond acceptors (Lipinski definition) is 5. The Morgan fingerprint density at radius 1 is 1.00 bits per heavy atom. The predicted octanol–water partition coefficient (Wildman–Crippen LogP) is 4.83. The van der Waals surface area contributed by atoms with Crippen LogP contribution in [0.3, 0.4) is 0 Å². The summed E-state index contributed by atoms with van der Waals surface area (Å²) in [5.41, 5.74) is 4.60. The second kappa shape index (κ2) is 11.1. The molecule has 1 amide bonds. The van der Waals surface area contributed by atoms with E-state index in [1.54, 1.807) is 0 Å². The van der Waals surface area contributed by atoms with Gasteiger partial charge in [0.25, 0.3) is 0 Å². The molecule has 1 saturated heterocycles. The molecule has 2 aromatic carbocycles. The van der Waals surface area contributed by atoms with Gasteiger partial charge in [0.2, 0.25) is 5.91 Å². The highest BCUT2D eigenvalue weighted by Gasteiger charge is 2.25. The Kier molecular flexibility index (Phi) is 7.78. The van der Waals surface area contributed by atoms with Gasteiger partial charge in [-0.15, -0.1) is 0 Å². The Labute approximate surface area is 203 Å². The van der Waals surface area contributed by atoms with Crippen molar-refractivity contribution in [1.29, 1.82) is 0 Å². The lowest BCUT2D eigenvalue weighted by Crippen LogP contribution is -2.40. The van der Waals surface area contributed by atoms with Crippen molar-refractivity contribution in [2.75, 3.05) is 36.0 Å². The SMILES string of the molecule is CCN(CC)c1ccc(CNC(=O)C2CCN(c3ccnc(-c4ccc(C)cc4)n3)CC2)cc1. The lowest BCUT2D eigenvalue weighted by molar-refractivity contribution is -0.125. The molecule has 6 heteroatoms. The second-order valence-electron chi connectivity index (χ2n) is 8.92. The van der Waals surface area contributed by atoms with Crippen molar-refractivity contribution in [1.82, 2.24) is 15.3 Å². The van der Waals surface area contributed by atoms with Gasteiger partial charge < -0.3 is 15.1 Å². The number of nitrogens with one attached hydrogen (secondary N) is 1. The summed E-state index contributed by atoms with van der Waals surface area (Å²) in [6.45, 7) is 10.6. The van der Waals surface area contributed by atoms with E-state index in [9.17, 15) is 4.79 Å². The van der Waals surface area contributed by atoms with Crippen LogP contribution < -0.4 is 15.1 Å². The van der Waals surface area contributed by atoms with Gasteiger partial charge in [0.1, 0.15) is 5.82 Å². The Balaban J connectivity index is 1.28. The predicted molar refractivity (Wildman–Crippen MR) is 139 cm³/mol. The normalized spacial score (nSPS) is 14.1. The third-order valence-electron chi connectivity index (χ3n) is 6.67. The molecule has 0 atom stereocenters. The van der Waals surface area contributed by atoms with Crippen molar-refractivity contribution in [3.63, 3.8) is 0 Å². The number of rotatable bonds is 8. The average Bonchev–Trinajstić information content (AvgIpc) is 2.89. The van der Waals surface area contributed by atoms with Gasteiger partial charge in [0.05, 0.1) is 0 Å². The fourth-order valence-electron chi connectivity index (χ4n) is 4.48. The Morgan fingerprint density at radius 2 is 1.68 bits per heavy atom. The second-order valence-corrected chi connectivity index (χ2v) is 8.92. The molecule has 178 valence electrons. The molecule has 2 heterocycles. The standard InChI is InChI=1S/C28H35N5O/c1-4-32(5-2)25-12-8-22(9-13-25)20-30-28(34)24-15-18-33(19-16-24)26-14-17-29-27(31-26)23-10-6-21(3)7-11-23/h6-14,17,24H,4-5,15-16,18-20H2,1-3H3,(H,30,34). The van der Waals surface area contributed by atoms with Crippen LogP contribution in [-0.4, -0.2) is 42.1 Å². The van der Waals surface area contributed by atoms with E-state index in [0.29, 0.717) is 6.54 Å². The minimum atomic E-state index is 0.0459. The number of piperidine rings is 1. The van der Waals surface area contributed by atoms with Crippen molar-refractivity contribution in [2.45, 2.75) is 40.2 Å². The summed E-state index contributed by atoms with van der Waals surface area (Å²) < 4.78 is 0. The van der Waals surface area contributed by atoms with Gasteiger partial charge in [-0.3, -0.25) is 4.79 Å². The summed E-state index contributed by atoms with van der Waals surface area (Å²) in [5.74, 6) is 1.86. The van der Waals surface area contributed by atoms with Crippen LogP contribution in [0.25, 0.3) is 11.4 Å². The first-order chi connectivity index (χ1) is 16.6. The number of benzene rings is 2. The van der Waals surface area contributed by atoms with Gasteiger partial charge in [-0.25, -0.2) is 9.97 Å². The van der Waals surface area contributed by atoms with Gasteiger partial charge in [0, 0.05) is 56.1 Å². The van der Waals surface area contributed by atoms with Crippen molar-refractivity contribution in [3.8, 4) is 11.4 Å². The first-order valence-corrected chi connectivity index (χ1v) is 12.3. The number of anilines is 2. The van der Waals surface area contributed by atoms with E-state index in [2.05, 4.69) is 89.4 Å². The van der Waals surface area contributed by atoms with E-state index in [1.165, 1.54) is 11.3 Å². The Morgan fingerprint density at radius 3 is 2.32 bits per heavy atom. The maximum Gasteiger partial charge on any atom is 0.223 e. The number of amides is 1. The number of aryl methyl sites for hydroxylation is 1. The van der Waals surface area contributed by atoms with Gasteiger partial charge in [0.15, 0.2) is 5.82 Å². The van der Waals surface area contributed by atoms with Crippen LogP contribution in [0.5, 0.6) is 0 Å². The van der Waals surface area contributed by atoms with Crippen LogP contribution in [0, 0.1) is 12.8 Å². The highest BCUT2D eigenvalue weighted by Crippen LogP contribution is 2.24. The lowest BCUT2D eigenvalue weighted by atomic mass is 9.96. The molecule has 0 saturated carbocycles. The largest absolute Gasteiger partial charge is 0.372 e. The van der Waals surface area contributed by atoms with Crippen LogP contribution in [0.1, 0.15) is 37.8 Å². The van der Waals surface area contributed by atoms with Gasteiger partial charge in [-0.05, 0) is 57.4 Å². The number of hydrogen-bond donors (Lipinski definition) is 1. The third kappa shape index (κ3) is 5.74. The first-order valence-electron chi connectivity index (χ1n) is 12.3. The summed E-state index contributed by atoms with van der Waals surface area (Å²) in [6, 6.07) is 18.7. The Hall–Kier alpha value is -3.41. The van der Waals surface area contributed by atoms with Crippen LogP contribution in [0.2, 0.25) is 0 Å². The molecule has 4 rings (SSSR count). The summed E-state index contributed by atoms with van der Waals surface area (Å²) in [4.78, 5) is 26.6. The van der Waals surface area contributed by atoms with Crippen LogP contribution in [0.4, 0.5) is 11.5 Å². The summed E-state index contributed by atoms with van der Waals surface area (Å²) in [6.07, 6.45) is 3.48. The molecule has 1 aromatic heterocycles. The minimum Gasteiger partial charge on any atom is -0.372 e. The van der Waals surface area contributed by atoms with E-state index >= 15 is 0 Å². The molecule has 0 aliphatic carbocycles. The number of nitrogens with zero attached hydrogens (tertiary/aromatic N) is 4. The molecular weight excluding hydrogens is 422 g/mol. The fourth-order valence-corrected chi connectivity index (χ4v) is 4.48. The molecule has 1 aliphatic heterocycles. The van der Waals surface area contributed by atoms with Crippen LogP contribution >= 0.6 is 0 Å². The molecule has 0 unspecified atom stereocenters. The summed E-state index contributed by atoms with van der Waals surface area (Å²) in [5, 5.41) is 3.14. The molecule has 1 aliphatic rings. The van der Waals surface area contributed by atoms with Crippen molar-refractivity contribution in [3.05, 3.63) is 71.9 Å². The zero-order valence-electron chi connectivity index (χ0n) is 20.5. The number of carbonyl (C=O) groups excluding carboxylic acids is 1. The van der Waals surface area contributed by atoms with Crippen molar-refractivity contribution in [2.24, 2.45) is 5.92 Å². The van der Waals surface area contributed by atoms with E-state index < -0.39 is 0 Å². The van der Waals surface area contributed by atoms with E-state index in [0.717, 1.165) is 61.8 Å². The summed E-state index contributed by atoms with van der Waals surface area (Å²) >= 11 is 0. The highest BCUT2D eigenvalue weighted by atomic mass is 16.1. The molecule has 1 fully saturated rings. The van der Waals surface area contributed by atoms with Gasteiger partial charge in [-0.1, -0.05) is 42.0 Å². The molecular formula is C28H35N5O. The maximum atomic E-state index is 12.8. The minimum absolute atomic E-state index is 0.0459. The van der Waals surface area contributed by atoms with Gasteiger partial charge >= 0.3 is 0 Å². The topological polar surface area (TPSA) is 61.4 Å². The molecule has 1 N–H and O–H groups in total. The highest BCUT2D eigenvalue weighted by molar-refractivity contribution is 5.79. The van der Waals surface area contributed by atoms with E-state index in [-0.39, 0.29) is 11.8 Å². The molecule has 6 nitrogen and oxygen atoms in total. The monoisotopic (exact) mass is 457 g/mol. The Bertz CT molecular complexity index is 1070. The zero-order chi connectivity index (χ0) is 23.9. The lowest BCUT2D eigenvalue weighted by Gasteiger charge is -2.32. The quantitative estimate of drug-likeness (QED) is 0.525. The smallest absolute Gasteiger partial charge is 0.223 e. The molecule has 0 bridgehead atoms. The van der Waals surface area contributed by atoms with E-state index in [1.807, 2.05) is 12.3 Å². The number of aromatic nitrogens is 2. The third-order valence-corrected chi connectivity index (χ3v) is 6.67. The van der Waals surface area contributed by atoms with Gasteiger partial charge in [-0.2, -0.15) is 0 Å². The molecule has 0 spiro atoms. The average molecular weight is 458 g/mol. The number of carbonyl (C=O) groups is 1. The first kappa shape index (κ1) is 23.7.